The van der Waals surface area contributed by atoms with Crippen molar-refractivity contribution in [3.63, 3.8) is 0 Å². The first kappa shape index (κ1) is 35.0. The molecular weight excluding hydrogens is 586 g/mol. The van der Waals surface area contributed by atoms with Gasteiger partial charge in [-0.05, 0) is 161 Å². The molecule has 5 aliphatic carbocycles. The van der Waals surface area contributed by atoms with E-state index >= 15 is 0 Å². The summed E-state index contributed by atoms with van der Waals surface area (Å²) in [6, 6.07) is 0. The Balaban J connectivity index is 1.40. The highest BCUT2D eigenvalue weighted by molar-refractivity contribution is 5.91. The van der Waals surface area contributed by atoms with E-state index in [0.717, 1.165) is 32.1 Å². The number of fused-ring (bicyclic) bond motifs is 7. The lowest BCUT2D eigenvalue weighted by atomic mass is 9.32. The van der Waals surface area contributed by atoms with E-state index in [1.165, 1.54) is 50.4 Å². The van der Waals surface area contributed by atoms with Crippen molar-refractivity contribution in [3.8, 4) is 0 Å². The molecule has 1 N–H and O–H groups in total. The van der Waals surface area contributed by atoms with Crippen molar-refractivity contribution in [2.24, 2.45) is 56.7 Å². The molecule has 0 aromatic heterocycles. The fourth-order valence-corrected chi connectivity index (χ4v) is 13.8. The Morgan fingerprint density at radius 2 is 1.60 bits per heavy atom. The van der Waals surface area contributed by atoms with E-state index in [1.807, 2.05) is 20.8 Å². The number of aliphatic hydroxyl groups is 1. The number of ether oxygens (including phenoxy) is 2. The molecule has 6 aliphatic rings. The molecule has 0 aromatic carbocycles. The maximum Gasteiger partial charge on any atom is 0.410 e. The van der Waals surface area contributed by atoms with E-state index in [0.29, 0.717) is 48.1 Å². The highest BCUT2D eigenvalue weighted by Crippen LogP contribution is 2.78. The minimum Gasteiger partial charge on any atom is -0.466 e. The molecule has 5 unspecified atom stereocenters. The molecule has 1 aliphatic heterocycles. The zero-order valence-electron chi connectivity index (χ0n) is 31.4. The number of amides is 1. The third-order valence-corrected chi connectivity index (χ3v) is 16.1. The molecule has 1 heterocycles. The van der Waals surface area contributed by atoms with Gasteiger partial charge < -0.3 is 19.5 Å². The Bertz CT molecular complexity index is 1340. The Morgan fingerprint density at radius 3 is 2.23 bits per heavy atom. The third kappa shape index (κ3) is 5.02. The lowest BCUT2D eigenvalue weighted by Crippen LogP contribution is -2.66. The summed E-state index contributed by atoms with van der Waals surface area (Å²) in [6.07, 6.45) is 11.6. The molecule has 0 radical (unpaired) electrons. The van der Waals surface area contributed by atoms with Gasteiger partial charge in [-0.15, -0.1) is 0 Å². The number of esters is 1. The van der Waals surface area contributed by atoms with Crippen molar-refractivity contribution in [1.82, 2.24) is 4.90 Å². The monoisotopic (exact) mass is 651 g/mol. The van der Waals surface area contributed by atoms with Crippen LogP contribution in [0.3, 0.4) is 0 Å². The van der Waals surface area contributed by atoms with Gasteiger partial charge in [-0.1, -0.05) is 46.8 Å². The SMILES string of the molecule is C=C(C)[C@@H]1CCC2(C3=C(C(=O)OC)CN(C(=O)OC(C)(C)C)CC3)CC[C@]3(C)C(CCC4[C@@]5(C)CC[C@H](O)C(C)(C)C5CC[C@]43C)C12. The normalized spacial score (nSPS) is 44.4. The molecule has 0 bridgehead atoms. The third-order valence-electron chi connectivity index (χ3n) is 16.1. The van der Waals surface area contributed by atoms with Gasteiger partial charge in [0.1, 0.15) is 5.60 Å². The summed E-state index contributed by atoms with van der Waals surface area (Å²) in [7, 11) is 1.47. The molecule has 6 nitrogen and oxygen atoms in total. The number of aliphatic hydroxyl groups excluding tert-OH is 1. The first-order valence-electron chi connectivity index (χ1n) is 18.9. The largest absolute Gasteiger partial charge is 0.466 e. The lowest BCUT2D eigenvalue weighted by Gasteiger charge is -2.73. The van der Waals surface area contributed by atoms with Gasteiger partial charge in [0.25, 0.3) is 0 Å². The van der Waals surface area contributed by atoms with Crippen LogP contribution in [0.1, 0.15) is 133 Å². The summed E-state index contributed by atoms with van der Waals surface area (Å²) in [5.41, 5.74) is 3.21. The Hall–Kier alpha value is -1.82. The van der Waals surface area contributed by atoms with E-state index in [2.05, 4.69) is 48.1 Å². The van der Waals surface area contributed by atoms with E-state index in [9.17, 15) is 14.7 Å². The van der Waals surface area contributed by atoms with E-state index in [1.54, 1.807) is 4.90 Å². The number of hydrogen-bond donors (Lipinski definition) is 1. The second-order valence-electron chi connectivity index (χ2n) is 19.3. The summed E-state index contributed by atoms with van der Waals surface area (Å²) >= 11 is 0. The number of carbonyl (C=O) groups is 2. The van der Waals surface area contributed by atoms with Gasteiger partial charge in [-0.25, -0.2) is 9.59 Å². The van der Waals surface area contributed by atoms with Gasteiger partial charge in [0, 0.05) is 6.54 Å². The van der Waals surface area contributed by atoms with Crippen LogP contribution in [0.15, 0.2) is 23.3 Å². The quantitative estimate of drug-likeness (QED) is 0.243. The van der Waals surface area contributed by atoms with Gasteiger partial charge in [0.05, 0.1) is 25.3 Å². The minimum absolute atomic E-state index is 0.0464. The smallest absolute Gasteiger partial charge is 0.410 e. The van der Waals surface area contributed by atoms with Crippen molar-refractivity contribution in [1.29, 1.82) is 0 Å². The molecule has 6 heteroatoms. The number of allylic oxidation sites excluding steroid dienone is 1. The fraction of sp³-hybridized carbons (Fsp3) is 0.854. The van der Waals surface area contributed by atoms with Crippen molar-refractivity contribution in [2.75, 3.05) is 20.2 Å². The van der Waals surface area contributed by atoms with Crippen molar-refractivity contribution in [3.05, 3.63) is 23.3 Å². The Kier molecular flexibility index (Phi) is 8.46. The topological polar surface area (TPSA) is 76.1 Å². The number of methoxy groups -OCH3 is 1. The van der Waals surface area contributed by atoms with Crippen LogP contribution in [0.25, 0.3) is 0 Å². The molecule has 5 fully saturated rings. The molecule has 5 saturated carbocycles. The second-order valence-corrected chi connectivity index (χ2v) is 19.3. The van der Waals surface area contributed by atoms with Crippen molar-refractivity contribution in [2.45, 2.75) is 145 Å². The van der Waals surface area contributed by atoms with Crippen LogP contribution in [-0.4, -0.2) is 54.0 Å². The first-order valence-corrected chi connectivity index (χ1v) is 18.9. The van der Waals surface area contributed by atoms with Crippen molar-refractivity contribution < 1.29 is 24.2 Å². The van der Waals surface area contributed by atoms with Crippen LogP contribution in [0.4, 0.5) is 4.79 Å². The number of rotatable bonds is 3. The molecule has 0 aromatic rings. The standard InChI is InChI=1S/C41H65NO5/c1-25(2)26-14-20-41(28-17-23-42(24-27(28)34(44)46-11)35(45)47-36(3,4)5)22-21-39(9)29(33(26)41)12-13-31-38(8)18-16-32(43)37(6,7)30(38)15-19-40(31,39)10/h26,29-33,43H,1,12-24H2,2-11H3/t26-,29?,30?,31?,32-,33?,38-,39+,40+,41?/m0/s1. The van der Waals surface area contributed by atoms with Crippen molar-refractivity contribution >= 4 is 12.1 Å². The summed E-state index contributed by atoms with van der Waals surface area (Å²) in [4.78, 5) is 28.5. The molecule has 0 saturated heterocycles. The van der Waals surface area contributed by atoms with Crippen LogP contribution >= 0.6 is 0 Å². The molecule has 0 spiro atoms. The van der Waals surface area contributed by atoms with Gasteiger partial charge >= 0.3 is 12.1 Å². The van der Waals surface area contributed by atoms with Crippen LogP contribution in [0.5, 0.6) is 0 Å². The minimum atomic E-state index is -0.595. The zero-order chi connectivity index (χ0) is 34.5. The van der Waals surface area contributed by atoms with Crippen LogP contribution < -0.4 is 0 Å². The van der Waals surface area contributed by atoms with E-state index in [4.69, 9.17) is 9.47 Å². The Labute approximate surface area is 285 Å². The summed E-state index contributed by atoms with van der Waals surface area (Å²) < 4.78 is 11.2. The second kappa shape index (κ2) is 11.4. The predicted molar refractivity (Wildman–Crippen MR) is 186 cm³/mol. The summed E-state index contributed by atoms with van der Waals surface area (Å²) in [5.74, 6) is 2.34. The van der Waals surface area contributed by atoms with Crippen LogP contribution in [0.2, 0.25) is 0 Å². The summed E-state index contributed by atoms with van der Waals surface area (Å²) in [6.45, 7) is 25.9. The zero-order valence-corrected chi connectivity index (χ0v) is 31.4. The number of carbonyl (C=O) groups excluding carboxylic acids is 2. The fourth-order valence-electron chi connectivity index (χ4n) is 13.8. The van der Waals surface area contributed by atoms with Gasteiger partial charge in [0.15, 0.2) is 0 Å². The first-order chi connectivity index (χ1) is 21.8. The van der Waals surface area contributed by atoms with Crippen LogP contribution in [-0.2, 0) is 14.3 Å². The van der Waals surface area contributed by atoms with E-state index < -0.39 is 5.60 Å². The molecule has 264 valence electrons. The lowest BCUT2D eigenvalue weighted by molar-refractivity contribution is -0.245. The highest BCUT2D eigenvalue weighted by atomic mass is 16.6. The number of hydrogen-bond acceptors (Lipinski definition) is 5. The summed E-state index contributed by atoms with van der Waals surface area (Å²) in [5, 5.41) is 11.1. The van der Waals surface area contributed by atoms with Gasteiger partial charge in [-0.3, -0.25) is 0 Å². The molecular formula is C41H65NO5. The average molecular weight is 652 g/mol. The average Bonchev–Trinajstić information content (AvgIpc) is 3.39. The molecule has 6 rings (SSSR count). The van der Waals surface area contributed by atoms with Gasteiger partial charge in [0.2, 0.25) is 0 Å². The maximum atomic E-state index is 13.6. The van der Waals surface area contributed by atoms with Crippen LogP contribution in [0, 0.1) is 56.7 Å². The molecule has 10 atom stereocenters. The Morgan fingerprint density at radius 1 is 0.894 bits per heavy atom. The predicted octanol–water partition coefficient (Wildman–Crippen LogP) is 9.12. The maximum absolute atomic E-state index is 13.6. The highest BCUT2D eigenvalue weighted by Gasteiger charge is 2.71. The van der Waals surface area contributed by atoms with E-state index in [-0.39, 0.29) is 51.8 Å². The number of nitrogens with zero attached hydrogens (tertiary/aromatic N) is 1. The molecule has 1 amide bonds. The van der Waals surface area contributed by atoms with Gasteiger partial charge in [-0.2, -0.15) is 0 Å². The molecule has 47 heavy (non-hydrogen) atoms.